The molecule has 0 radical (unpaired) electrons. The van der Waals surface area contributed by atoms with Gasteiger partial charge in [0.2, 0.25) is 0 Å². The lowest BCUT2D eigenvalue weighted by Gasteiger charge is -2.16. The lowest BCUT2D eigenvalue weighted by molar-refractivity contribution is 0.652. The zero-order valence-corrected chi connectivity index (χ0v) is 11.6. The van der Waals surface area contributed by atoms with Gasteiger partial charge < -0.3 is 10.3 Å². The molecule has 2 aromatic rings. The van der Waals surface area contributed by atoms with Gasteiger partial charge in [0.15, 0.2) is 0 Å². The van der Waals surface area contributed by atoms with Crippen LogP contribution in [0.25, 0.3) is 0 Å². The van der Waals surface area contributed by atoms with Crippen molar-refractivity contribution in [3.8, 4) is 0 Å². The Bertz CT molecular complexity index is 532. The van der Waals surface area contributed by atoms with E-state index in [2.05, 4.69) is 37.9 Å². The molecule has 1 atom stereocenters. The van der Waals surface area contributed by atoms with Crippen LogP contribution in [-0.4, -0.2) is 9.55 Å². The van der Waals surface area contributed by atoms with E-state index in [1.807, 2.05) is 17.8 Å². The molecule has 18 heavy (non-hydrogen) atoms. The standard InChI is InChI=1S/C15H21N3/c1-10-5-11(2)13(12(3)6-10)7-14(16)15-8-17-9-18(15)4/h5-6,8-9,14H,7,16H2,1-4H3. The van der Waals surface area contributed by atoms with Gasteiger partial charge in [-0.2, -0.15) is 0 Å². The monoisotopic (exact) mass is 243 g/mol. The average molecular weight is 243 g/mol. The van der Waals surface area contributed by atoms with Crippen LogP contribution >= 0.6 is 0 Å². The van der Waals surface area contributed by atoms with E-state index in [-0.39, 0.29) is 6.04 Å². The van der Waals surface area contributed by atoms with Gasteiger partial charge in [-0.25, -0.2) is 4.98 Å². The van der Waals surface area contributed by atoms with Gasteiger partial charge in [-0.1, -0.05) is 17.7 Å². The summed E-state index contributed by atoms with van der Waals surface area (Å²) in [5.74, 6) is 0. The molecule has 1 unspecified atom stereocenters. The largest absolute Gasteiger partial charge is 0.336 e. The molecule has 0 spiro atoms. The molecule has 2 rings (SSSR count). The van der Waals surface area contributed by atoms with E-state index < -0.39 is 0 Å². The van der Waals surface area contributed by atoms with Gasteiger partial charge in [-0.3, -0.25) is 0 Å². The van der Waals surface area contributed by atoms with Gasteiger partial charge in [-0.15, -0.1) is 0 Å². The van der Waals surface area contributed by atoms with Crippen molar-refractivity contribution in [3.63, 3.8) is 0 Å². The molecule has 0 aliphatic carbocycles. The lowest BCUT2D eigenvalue weighted by Crippen LogP contribution is -2.17. The Labute approximate surface area is 109 Å². The quantitative estimate of drug-likeness (QED) is 0.900. The smallest absolute Gasteiger partial charge is 0.0946 e. The number of hydrogen-bond donors (Lipinski definition) is 1. The molecule has 0 saturated carbocycles. The summed E-state index contributed by atoms with van der Waals surface area (Å²) in [5.41, 5.74) is 12.7. The van der Waals surface area contributed by atoms with Crippen LogP contribution in [0.4, 0.5) is 0 Å². The Morgan fingerprint density at radius 3 is 2.33 bits per heavy atom. The van der Waals surface area contributed by atoms with Crippen molar-refractivity contribution >= 4 is 0 Å². The van der Waals surface area contributed by atoms with Crippen molar-refractivity contribution in [3.05, 3.63) is 52.6 Å². The molecular weight excluding hydrogens is 222 g/mol. The normalized spacial score (nSPS) is 12.7. The van der Waals surface area contributed by atoms with Crippen molar-refractivity contribution in [2.75, 3.05) is 0 Å². The highest BCUT2D eigenvalue weighted by molar-refractivity contribution is 5.38. The highest BCUT2D eigenvalue weighted by Crippen LogP contribution is 2.22. The third kappa shape index (κ3) is 2.46. The Balaban J connectivity index is 2.27. The van der Waals surface area contributed by atoms with Crippen LogP contribution < -0.4 is 5.73 Å². The fraction of sp³-hybridized carbons (Fsp3) is 0.400. The molecule has 1 aromatic carbocycles. The van der Waals surface area contributed by atoms with E-state index in [0.717, 1.165) is 12.1 Å². The van der Waals surface area contributed by atoms with Crippen LogP contribution in [0.5, 0.6) is 0 Å². The number of nitrogens with zero attached hydrogens (tertiary/aromatic N) is 2. The lowest BCUT2D eigenvalue weighted by atomic mass is 9.94. The summed E-state index contributed by atoms with van der Waals surface area (Å²) in [6, 6.07) is 4.44. The number of aryl methyl sites for hydroxylation is 4. The molecule has 1 aromatic heterocycles. The molecule has 0 aliphatic rings. The van der Waals surface area contributed by atoms with E-state index in [0.29, 0.717) is 0 Å². The molecule has 1 heterocycles. The van der Waals surface area contributed by atoms with E-state index in [1.54, 1.807) is 6.33 Å². The molecular formula is C15H21N3. The first-order valence-corrected chi connectivity index (χ1v) is 6.27. The van der Waals surface area contributed by atoms with Gasteiger partial charge in [-0.05, 0) is 43.9 Å². The molecule has 0 fully saturated rings. The Kier molecular flexibility index (Phi) is 3.53. The van der Waals surface area contributed by atoms with Crippen LogP contribution in [0.1, 0.15) is 34.0 Å². The molecule has 96 valence electrons. The Hall–Kier alpha value is -1.61. The maximum atomic E-state index is 6.29. The summed E-state index contributed by atoms with van der Waals surface area (Å²) in [5, 5.41) is 0. The number of benzene rings is 1. The average Bonchev–Trinajstić information content (AvgIpc) is 2.69. The van der Waals surface area contributed by atoms with Gasteiger partial charge in [0.1, 0.15) is 0 Å². The van der Waals surface area contributed by atoms with Crippen molar-refractivity contribution in [1.82, 2.24) is 9.55 Å². The van der Waals surface area contributed by atoms with Crippen molar-refractivity contribution in [1.29, 1.82) is 0 Å². The van der Waals surface area contributed by atoms with Crippen molar-refractivity contribution in [2.24, 2.45) is 12.8 Å². The second-order valence-corrected chi connectivity index (χ2v) is 5.12. The molecule has 2 N–H and O–H groups in total. The first-order valence-electron chi connectivity index (χ1n) is 6.27. The van der Waals surface area contributed by atoms with Gasteiger partial charge >= 0.3 is 0 Å². The minimum atomic E-state index is -0.00222. The van der Waals surface area contributed by atoms with Gasteiger partial charge in [0.25, 0.3) is 0 Å². The molecule has 0 aliphatic heterocycles. The molecule has 3 heteroatoms. The molecule has 0 amide bonds. The van der Waals surface area contributed by atoms with Gasteiger partial charge in [0, 0.05) is 13.2 Å². The maximum absolute atomic E-state index is 6.29. The fourth-order valence-electron chi connectivity index (χ4n) is 2.58. The zero-order valence-electron chi connectivity index (χ0n) is 11.6. The topological polar surface area (TPSA) is 43.8 Å². The summed E-state index contributed by atoms with van der Waals surface area (Å²) < 4.78 is 1.99. The predicted molar refractivity (Wildman–Crippen MR) is 74.5 cm³/mol. The SMILES string of the molecule is Cc1cc(C)c(CC(N)c2cncn2C)c(C)c1. The van der Waals surface area contributed by atoms with Crippen LogP contribution in [-0.2, 0) is 13.5 Å². The molecule has 3 nitrogen and oxygen atoms in total. The number of rotatable bonds is 3. The summed E-state index contributed by atoms with van der Waals surface area (Å²) in [7, 11) is 1.98. The summed E-state index contributed by atoms with van der Waals surface area (Å²) in [6.45, 7) is 6.45. The number of nitrogens with two attached hydrogens (primary N) is 1. The number of aromatic nitrogens is 2. The minimum absolute atomic E-state index is 0.00222. The van der Waals surface area contributed by atoms with E-state index in [1.165, 1.54) is 22.3 Å². The first kappa shape index (κ1) is 12.8. The molecule has 0 bridgehead atoms. The Morgan fingerprint density at radius 2 is 1.83 bits per heavy atom. The third-order valence-corrected chi connectivity index (χ3v) is 3.50. The van der Waals surface area contributed by atoms with E-state index in [4.69, 9.17) is 5.73 Å². The fourth-order valence-corrected chi connectivity index (χ4v) is 2.58. The van der Waals surface area contributed by atoms with Crippen LogP contribution in [0, 0.1) is 20.8 Å². The van der Waals surface area contributed by atoms with Crippen molar-refractivity contribution < 1.29 is 0 Å². The van der Waals surface area contributed by atoms with Crippen LogP contribution in [0.2, 0.25) is 0 Å². The highest BCUT2D eigenvalue weighted by Gasteiger charge is 2.13. The number of hydrogen-bond acceptors (Lipinski definition) is 2. The maximum Gasteiger partial charge on any atom is 0.0946 e. The zero-order chi connectivity index (χ0) is 13.3. The van der Waals surface area contributed by atoms with Crippen LogP contribution in [0.15, 0.2) is 24.7 Å². The summed E-state index contributed by atoms with van der Waals surface area (Å²) in [4.78, 5) is 4.13. The third-order valence-electron chi connectivity index (χ3n) is 3.50. The first-order chi connectivity index (χ1) is 8.49. The number of imidazole rings is 1. The predicted octanol–water partition coefficient (Wildman–Crippen LogP) is 2.59. The summed E-state index contributed by atoms with van der Waals surface area (Å²) in [6.07, 6.45) is 4.51. The highest BCUT2D eigenvalue weighted by atomic mass is 15.0. The minimum Gasteiger partial charge on any atom is -0.336 e. The second-order valence-electron chi connectivity index (χ2n) is 5.12. The van der Waals surface area contributed by atoms with E-state index in [9.17, 15) is 0 Å². The van der Waals surface area contributed by atoms with Gasteiger partial charge in [0.05, 0.1) is 18.1 Å². The van der Waals surface area contributed by atoms with Crippen LogP contribution in [0.3, 0.4) is 0 Å². The van der Waals surface area contributed by atoms with Crippen molar-refractivity contribution in [2.45, 2.75) is 33.2 Å². The van der Waals surface area contributed by atoms with E-state index >= 15 is 0 Å². The Morgan fingerprint density at radius 1 is 1.22 bits per heavy atom. The second kappa shape index (κ2) is 4.94. The summed E-state index contributed by atoms with van der Waals surface area (Å²) >= 11 is 0. The molecule has 0 saturated heterocycles.